The molecule has 222 valence electrons. The summed E-state index contributed by atoms with van der Waals surface area (Å²) in [5.74, 6) is 1.69. The third-order valence-corrected chi connectivity index (χ3v) is 8.39. The van der Waals surface area contributed by atoms with Crippen LogP contribution in [0.3, 0.4) is 0 Å². The second-order valence-electron chi connectivity index (χ2n) is 11.3. The molecule has 1 saturated carbocycles. The van der Waals surface area contributed by atoms with E-state index in [1.165, 1.54) is 11.0 Å². The number of rotatable bonds is 11. The Labute approximate surface area is 244 Å². The molecule has 42 heavy (non-hydrogen) atoms. The van der Waals surface area contributed by atoms with Gasteiger partial charge in [-0.2, -0.15) is 0 Å². The van der Waals surface area contributed by atoms with Gasteiger partial charge in [-0.25, -0.2) is 14.8 Å². The van der Waals surface area contributed by atoms with Gasteiger partial charge in [0.15, 0.2) is 17.5 Å². The Bertz CT molecular complexity index is 1620. The van der Waals surface area contributed by atoms with E-state index >= 15 is 0 Å². The molecule has 0 bridgehead atoms. The van der Waals surface area contributed by atoms with Gasteiger partial charge in [-0.05, 0) is 63.0 Å². The molecule has 4 heterocycles. The zero-order chi connectivity index (χ0) is 29.1. The third-order valence-electron chi connectivity index (χ3n) is 8.39. The quantitative estimate of drug-likeness (QED) is 0.242. The average molecular weight is 574 g/mol. The number of fused-ring (bicyclic) bond motifs is 1. The highest BCUT2D eigenvalue weighted by atomic mass is 16.7. The SMILES string of the molecule is CCn1c(=O)n(CCCOC2CCCCO2)c(=O)c2c1nc(-c1ccc(OC3CCC3C)nc1)n2Cc1ccccc1. The molecule has 4 aromatic rings. The maximum absolute atomic E-state index is 14.0. The molecule has 0 N–H and O–H groups in total. The minimum absolute atomic E-state index is 0.198. The summed E-state index contributed by atoms with van der Waals surface area (Å²) >= 11 is 0. The topological polar surface area (TPSA) is 102 Å². The fourth-order valence-electron chi connectivity index (χ4n) is 5.74. The van der Waals surface area contributed by atoms with Gasteiger partial charge in [0, 0.05) is 44.1 Å². The lowest BCUT2D eigenvalue weighted by Gasteiger charge is -2.33. The second-order valence-corrected chi connectivity index (χ2v) is 11.3. The number of hydrogen-bond donors (Lipinski definition) is 0. The van der Waals surface area contributed by atoms with Crippen molar-refractivity contribution >= 4 is 11.2 Å². The zero-order valence-corrected chi connectivity index (χ0v) is 24.4. The summed E-state index contributed by atoms with van der Waals surface area (Å²) in [5.41, 5.74) is 1.83. The highest BCUT2D eigenvalue weighted by Crippen LogP contribution is 2.31. The Morgan fingerprint density at radius 3 is 2.52 bits per heavy atom. The van der Waals surface area contributed by atoms with Crippen LogP contribution in [0.2, 0.25) is 0 Å². The van der Waals surface area contributed by atoms with Crippen LogP contribution in [-0.2, 0) is 29.1 Å². The van der Waals surface area contributed by atoms with Gasteiger partial charge in [0.1, 0.15) is 11.9 Å². The van der Waals surface area contributed by atoms with E-state index in [2.05, 4.69) is 11.9 Å². The van der Waals surface area contributed by atoms with Crippen LogP contribution in [0.15, 0.2) is 58.3 Å². The zero-order valence-electron chi connectivity index (χ0n) is 24.4. The third kappa shape index (κ3) is 5.78. The van der Waals surface area contributed by atoms with Crippen molar-refractivity contribution in [2.75, 3.05) is 13.2 Å². The van der Waals surface area contributed by atoms with E-state index in [-0.39, 0.29) is 30.2 Å². The van der Waals surface area contributed by atoms with Crippen molar-refractivity contribution < 1.29 is 14.2 Å². The van der Waals surface area contributed by atoms with E-state index in [9.17, 15) is 9.59 Å². The van der Waals surface area contributed by atoms with Gasteiger partial charge in [-0.15, -0.1) is 0 Å². The van der Waals surface area contributed by atoms with Gasteiger partial charge in [0.2, 0.25) is 5.88 Å². The molecule has 10 heteroatoms. The van der Waals surface area contributed by atoms with Crippen molar-refractivity contribution in [1.82, 2.24) is 23.7 Å². The number of pyridine rings is 1. The highest BCUT2D eigenvalue weighted by molar-refractivity contribution is 5.77. The van der Waals surface area contributed by atoms with Crippen LogP contribution in [0.25, 0.3) is 22.6 Å². The van der Waals surface area contributed by atoms with Crippen LogP contribution in [0, 0.1) is 5.92 Å². The lowest BCUT2D eigenvalue weighted by molar-refractivity contribution is -0.163. The van der Waals surface area contributed by atoms with Crippen LogP contribution >= 0.6 is 0 Å². The summed E-state index contributed by atoms with van der Waals surface area (Å²) in [6.45, 7) is 6.25. The van der Waals surface area contributed by atoms with Gasteiger partial charge < -0.3 is 18.8 Å². The molecule has 0 radical (unpaired) electrons. The van der Waals surface area contributed by atoms with E-state index in [1.54, 1.807) is 10.8 Å². The molecular weight excluding hydrogens is 534 g/mol. The van der Waals surface area contributed by atoms with Crippen LogP contribution in [-0.4, -0.2) is 49.3 Å². The fourth-order valence-corrected chi connectivity index (χ4v) is 5.74. The number of ether oxygens (including phenoxy) is 3. The Morgan fingerprint density at radius 2 is 1.86 bits per heavy atom. The van der Waals surface area contributed by atoms with Crippen LogP contribution < -0.4 is 16.0 Å². The molecule has 2 aliphatic rings. The van der Waals surface area contributed by atoms with E-state index < -0.39 is 0 Å². The number of imidazole rings is 1. The molecule has 1 aromatic carbocycles. The molecule has 3 atom stereocenters. The second kappa shape index (κ2) is 12.6. The Hall–Kier alpha value is -3.76. The van der Waals surface area contributed by atoms with Crippen molar-refractivity contribution in [3.05, 3.63) is 75.1 Å². The average Bonchev–Trinajstić information content (AvgIpc) is 3.39. The van der Waals surface area contributed by atoms with Crippen LogP contribution in [0.4, 0.5) is 0 Å². The summed E-state index contributed by atoms with van der Waals surface area (Å²) in [7, 11) is 0. The number of aryl methyl sites for hydroxylation is 1. The lowest BCUT2D eigenvalue weighted by Crippen LogP contribution is -2.40. The minimum Gasteiger partial charge on any atom is -0.474 e. The molecule has 2 fully saturated rings. The van der Waals surface area contributed by atoms with Gasteiger partial charge in [-0.1, -0.05) is 37.3 Å². The predicted octanol–water partition coefficient (Wildman–Crippen LogP) is 4.60. The van der Waals surface area contributed by atoms with E-state index in [0.717, 1.165) is 36.8 Å². The number of hydrogen-bond acceptors (Lipinski definition) is 7. The summed E-state index contributed by atoms with van der Waals surface area (Å²) in [6, 6.07) is 13.7. The van der Waals surface area contributed by atoms with E-state index in [0.29, 0.717) is 61.5 Å². The molecule has 3 unspecified atom stereocenters. The van der Waals surface area contributed by atoms with Gasteiger partial charge in [-0.3, -0.25) is 13.9 Å². The highest BCUT2D eigenvalue weighted by Gasteiger charge is 2.29. The molecule has 10 nitrogen and oxygen atoms in total. The van der Waals surface area contributed by atoms with Crippen molar-refractivity contribution in [2.45, 2.75) is 84.4 Å². The lowest BCUT2D eigenvalue weighted by atomic mass is 9.84. The molecule has 1 aliphatic carbocycles. The number of aromatic nitrogens is 5. The predicted molar refractivity (Wildman–Crippen MR) is 160 cm³/mol. The van der Waals surface area contributed by atoms with Crippen molar-refractivity contribution in [2.24, 2.45) is 5.92 Å². The minimum atomic E-state index is -0.365. The first-order valence-electron chi connectivity index (χ1n) is 15.2. The van der Waals surface area contributed by atoms with Crippen LogP contribution in [0.1, 0.15) is 57.9 Å². The summed E-state index contributed by atoms with van der Waals surface area (Å²) in [6.07, 6.45) is 7.47. The summed E-state index contributed by atoms with van der Waals surface area (Å²) < 4.78 is 22.4. The largest absolute Gasteiger partial charge is 0.474 e. The molecule has 1 aliphatic heterocycles. The normalized spacial score (nSPS) is 20.5. The van der Waals surface area contributed by atoms with Crippen molar-refractivity contribution in [3.8, 4) is 17.3 Å². The number of benzene rings is 1. The maximum Gasteiger partial charge on any atom is 0.332 e. The van der Waals surface area contributed by atoms with Crippen LogP contribution in [0.5, 0.6) is 5.88 Å². The molecule has 1 saturated heterocycles. The molecular formula is C32H39N5O5. The number of nitrogens with zero attached hydrogens (tertiary/aromatic N) is 5. The van der Waals surface area contributed by atoms with Gasteiger partial charge in [0.05, 0.1) is 6.61 Å². The monoisotopic (exact) mass is 573 g/mol. The first-order chi connectivity index (χ1) is 20.5. The molecule has 0 amide bonds. The first-order valence-corrected chi connectivity index (χ1v) is 15.2. The smallest absolute Gasteiger partial charge is 0.332 e. The standard InChI is InChI=1S/C32H39N5O5/c1-3-35-30-28(31(38)36(32(35)39)17-9-19-41-27-12-7-8-18-40-27)37(21-23-10-5-4-6-11-23)29(34-30)24-14-16-26(33-20-24)42-25-15-13-22(25)2/h4-6,10-11,14,16,20,22,25,27H,3,7-9,12-13,15,17-19,21H2,1-2H3. The van der Waals surface area contributed by atoms with E-state index in [1.807, 2.05) is 54.0 Å². The maximum atomic E-state index is 14.0. The van der Waals surface area contributed by atoms with Crippen molar-refractivity contribution in [3.63, 3.8) is 0 Å². The van der Waals surface area contributed by atoms with Gasteiger partial charge >= 0.3 is 5.69 Å². The Morgan fingerprint density at radius 1 is 1.00 bits per heavy atom. The Kier molecular flexibility index (Phi) is 8.53. The summed E-state index contributed by atoms with van der Waals surface area (Å²) in [5, 5.41) is 0. The van der Waals surface area contributed by atoms with Gasteiger partial charge in [0.25, 0.3) is 5.56 Å². The van der Waals surface area contributed by atoms with E-state index in [4.69, 9.17) is 19.2 Å². The molecule has 3 aromatic heterocycles. The summed E-state index contributed by atoms with van der Waals surface area (Å²) in [4.78, 5) is 37.0. The first kappa shape index (κ1) is 28.4. The fraction of sp³-hybridized carbons (Fsp3) is 0.500. The van der Waals surface area contributed by atoms with Crippen molar-refractivity contribution in [1.29, 1.82) is 0 Å². The molecule has 6 rings (SSSR count). The Balaban J connectivity index is 1.36. The molecule has 0 spiro atoms.